The van der Waals surface area contributed by atoms with Gasteiger partial charge in [0.1, 0.15) is 0 Å². The molecule has 142 valence electrons. The van der Waals surface area contributed by atoms with E-state index in [0.29, 0.717) is 12.2 Å². The van der Waals surface area contributed by atoms with Crippen molar-refractivity contribution in [3.8, 4) is 0 Å². The lowest BCUT2D eigenvalue weighted by molar-refractivity contribution is -0.136. The van der Waals surface area contributed by atoms with Crippen molar-refractivity contribution < 1.29 is 9.59 Å². The number of carbonyl (C=O) groups is 2. The fraction of sp³-hybridized carbons (Fsp3) is 0.182. The van der Waals surface area contributed by atoms with Crippen LogP contribution >= 0.6 is 11.3 Å². The van der Waals surface area contributed by atoms with Crippen LogP contribution < -0.4 is 15.5 Å². The van der Waals surface area contributed by atoms with Crippen molar-refractivity contribution in [3.63, 3.8) is 0 Å². The number of amides is 2. The molecule has 5 nitrogen and oxygen atoms in total. The lowest BCUT2D eigenvalue weighted by Crippen LogP contribution is -2.41. The monoisotopic (exact) mass is 391 g/mol. The zero-order valence-corrected chi connectivity index (χ0v) is 16.1. The molecule has 0 unspecified atom stereocenters. The average Bonchev–Trinajstić information content (AvgIpc) is 3.40. The standard InChI is InChI=1S/C22H21N3O2S/c26-21(22(27)24-17-8-2-1-3-9-17)23-15-19(20-11-6-14-28-20)25-13-12-16-7-4-5-10-18(16)25/h1-11,14,19H,12-13,15H2,(H,23,26)(H,24,27)/t19-/m0/s1. The summed E-state index contributed by atoms with van der Waals surface area (Å²) in [5.74, 6) is -1.28. The zero-order valence-electron chi connectivity index (χ0n) is 15.3. The minimum absolute atomic E-state index is 0.00266. The van der Waals surface area contributed by atoms with Gasteiger partial charge in [0, 0.05) is 29.3 Å². The highest BCUT2D eigenvalue weighted by Gasteiger charge is 2.28. The maximum absolute atomic E-state index is 12.3. The highest BCUT2D eigenvalue weighted by atomic mass is 32.1. The molecule has 6 heteroatoms. The number of thiophene rings is 1. The maximum Gasteiger partial charge on any atom is 0.313 e. The smallest absolute Gasteiger partial charge is 0.313 e. The van der Waals surface area contributed by atoms with Gasteiger partial charge in [-0.05, 0) is 41.6 Å². The predicted molar refractivity (Wildman–Crippen MR) is 113 cm³/mol. The van der Waals surface area contributed by atoms with Crippen molar-refractivity contribution in [2.45, 2.75) is 12.5 Å². The number of para-hydroxylation sites is 2. The van der Waals surface area contributed by atoms with E-state index in [4.69, 9.17) is 0 Å². The fourth-order valence-corrected chi connectivity index (χ4v) is 4.35. The summed E-state index contributed by atoms with van der Waals surface area (Å²) in [6, 6.07) is 21.4. The second kappa shape index (κ2) is 8.27. The minimum atomic E-state index is -0.655. The number of carbonyl (C=O) groups excluding carboxylic acids is 2. The van der Waals surface area contributed by atoms with E-state index in [-0.39, 0.29) is 6.04 Å². The van der Waals surface area contributed by atoms with E-state index in [1.54, 1.807) is 23.5 Å². The van der Waals surface area contributed by atoms with Gasteiger partial charge in [0.05, 0.1) is 6.04 Å². The highest BCUT2D eigenvalue weighted by molar-refractivity contribution is 7.10. The Morgan fingerprint density at radius 3 is 2.54 bits per heavy atom. The van der Waals surface area contributed by atoms with Crippen molar-refractivity contribution in [2.24, 2.45) is 0 Å². The Morgan fingerprint density at radius 2 is 1.75 bits per heavy atom. The number of hydrogen-bond donors (Lipinski definition) is 2. The summed E-state index contributed by atoms with van der Waals surface area (Å²) in [5.41, 5.74) is 3.12. The molecule has 28 heavy (non-hydrogen) atoms. The number of nitrogens with one attached hydrogen (secondary N) is 2. The van der Waals surface area contributed by atoms with Gasteiger partial charge >= 0.3 is 11.8 Å². The largest absolute Gasteiger partial charge is 0.361 e. The number of benzene rings is 2. The van der Waals surface area contributed by atoms with Gasteiger partial charge in [0.25, 0.3) is 0 Å². The van der Waals surface area contributed by atoms with Crippen LogP contribution in [0.1, 0.15) is 16.5 Å². The molecule has 0 bridgehead atoms. The van der Waals surface area contributed by atoms with Gasteiger partial charge in [0.2, 0.25) is 0 Å². The van der Waals surface area contributed by atoms with Crippen molar-refractivity contribution >= 4 is 34.5 Å². The molecule has 0 aliphatic carbocycles. The molecule has 1 aromatic heterocycles. The summed E-state index contributed by atoms with van der Waals surface area (Å²) in [5, 5.41) is 7.47. The summed E-state index contributed by atoms with van der Waals surface area (Å²) in [6.07, 6.45) is 0.987. The first-order valence-electron chi connectivity index (χ1n) is 9.24. The molecule has 2 aromatic carbocycles. The third kappa shape index (κ3) is 3.92. The maximum atomic E-state index is 12.3. The Hall–Kier alpha value is -3.12. The van der Waals surface area contributed by atoms with Crippen molar-refractivity contribution in [1.82, 2.24) is 5.32 Å². The molecule has 2 heterocycles. The van der Waals surface area contributed by atoms with Gasteiger partial charge in [-0.25, -0.2) is 0 Å². The lowest BCUT2D eigenvalue weighted by Gasteiger charge is -2.30. The SMILES string of the molecule is O=C(NC[C@@H](c1cccs1)N1CCc2ccccc21)C(=O)Nc1ccccc1. The van der Waals surface area contributed by atoms with Gasteiger partial charge in [-0.15, -0.1) is 11.3 Å². The van der Waals surface area contributed by atoms with Crippen molar-refractivity contribution in [3.05, 3.63) is 82.6 Å². The fourth-order valence-electron chi connectivity index (χ4n) is 3.51. The molecule has 0 radical (unpaired) electrons. The molecule has 3 aromatic rings. The Kier molecular flexibility index (Phi) is 5.39. The molecule has 1 aliphatic heterocycles. The molecule has 0 fully saturated rings. The Balaban J connectivity index is 1.45. The van der Waals surface area contributed by atoms with Crippen LogP contribution in [0.15, 0.2) is 72.1 Å². The van der Waals surface area contributed by atoms with Crippen LogP contribution in [0.4, 0.5) is 11.4 Å². The van der Waals surface area contributed by atoms with Crippen LogP contribution in [-0.4, -0.2) is 24.9 Å². The molecule has 0 spiro atoms. The van der Waals surface area contributed by atoms with Crippen LogP contribution in [0.5, 0.6) is 0 Å². The summed E-state index contributed by atoms with van der Waals surface area (Å²) >= 11 is 1.66. The molecule has 2 N–H and O–H groups in total. The zero-order chi connectivity index (χ0) is 19.3. The van der Waals surface area contributed by atoms with E-state index in [2.05, 4.69) is 39.8 Å². The minimum Gasteiger partial charge on any atom is -0.361 e. The Labute approximate surface area is 168 Å². The Bertz CT molecular complexity index is 957. The van der Waals surface area contributed by atoms with Crippen molar-refractivity contribution in [2.75, 3.05) is 23.3 Å². The van der Waals surface area contributed by atoms with Gasteiger partial charge in [-0.1, -0.05) is 42.5 Å². The second-order valence-corrected chi connectivity index (χ2v) is 7.61. The van der Waals surface area contributed by atoms with Gasteiger partial charge in [0.15, 0.2) is 0 Å². The number of fused-ring (bicyclic) bond motifs is 1. The van der Waals surface area contributed by atoms with E-state index >= 15 is 0 Å². The summed E-state index contributed by atoms with van der Waals surface area (Å²) in [7, 11) is 0. The molecule has 1 atom stereocenters. The lowest BCUT2D eigenvalue weighted by atomic mass is 10.1. The molecule has 2 amide bonds. The summed E-state index contributed by atoms with van der Waals surface area (Å²) < 4.78 is 0. The molecular weight excluding hydrogens is 370 g/mol. The first kappa shape index (κ1) is 18.3. The third-order valence-electron chi connectivity index (χ3n) is 4.86. The van der Waals surface area contributed by atoms with Gasteiger partial charge < -0.3 is 15.5 Å². The summed E-state index contributed by atoms with van der Waals surface area (Å²) in [4.78, 5) is 28.0. The highest BCUT2D eigenvalue weighted by Crippen LogP contribution is 2.36. The van der Waals surface area contributed by atoms with E-state index < -0.39 is 11.8 Å². The van der Waals surface area contributed by atoms with E-state index in [1.807, 2.05) is 35.7 Å². The Morgan fingerprint density at radius 1 is 0.964 bits per heavy atom. The quantitative estimate of drug-likeness (QED) is 0.653. The molecular formula is C22H21N3O2S. The number of rotatable bonds is 5. The first-order valence-corrected chi connectivity index (χ1v) is 10.1. The van der Waals surface area contributed by atoms with Gasteiger partial charge in [-0.3, -0.25) is 9.59 Å². The van der Waals surface area contributed by atoms with Crippen LogP contribution in [0.2, 0.25) is 0 Å². The molecule has 1 aliphatic rings. The number of nitrogens with zero attached hydrogens (tertiary/aromatic N) is 1. The summed E-state index contributed by atoms with van der Waals surface area (Å²) in [6.45, 7) is 1.27. The van der Waals surface area contributed by atoms with E-state index in [1.165, 1.54) is 16.1 Å². The molecule has 0 saturated heterocycles. The third-order valence-corrected chi connectivity index (χ3v) is 5.84. The molecule has 4 rings (SSSR count). The number of anilines is 2. The van der Waals surface area contributed by atoms with Gasteiger partial charge in [-0.2, -0.15) is 0 Å². The van der Waals surface area contributed by atoms with E-state index in [9.17, 15) is 9.59 Å². The second-order valence-electron chi connectivity index (χ2n) is 6.63. The topological polar surface area (TPSA) is 61.4 Å². The normalized spacial score (nSPS) is 13.6. The average molecular weight is 391 g/mol. The van der Waals surface area contributed by atoms with Crippen LogP contribution in [0.3, 0.4) is 0 Å². The van der Waals surface area contributed by atoms with Crippen LogP contribution in [0.25, 0.3) is 0 Å². The van der Waals surface area contributed by atoms with Crippen LogP contribution in [0, 0.1) is 0 Å². The first-order chi connectivity index (χ1) is 13.7. The van der Waals surface area contributed by atoms with Crippen LogP contribution in [-0.2, 0) is 16.0 Å². The van der Waals surface area contributed by atoms with Crippen molar-refractivity contribution in [1.29, 1.82) is 0 Å². The predicted octanol–water partition coefficient (Wildman–Crippen LogP) is 3.61. The van der Waals surface area contributed by atoms with E-state index in [0.717, 1.165) is 13.0 Å². The molecule has 0 saturated carbocycles. The number of hydrogen-bond acceptors (Lipinski definition) is 4.